The Balaban J connectivity index is 1.68. The maximum atomic E-state index is 13.4. The first-order chi connectivity index (χ1) is 11.5. The molecule has 0 fully saturated rings. The lowest BCUT2D eigenvalue weighted by molar-refractivity contribution is -0.137. The summed E-state index contributed by atoms with van der Waals surface area (Å²) in [4.78, 5) is 24.0. The first-order valence-electron chi connectivity index (χ1n) is 7.28. The van der Waals surface area contributed by atoms with Crippen molar-refractivity contribution in [2.24, 2.45) is 0 Å². The van der Waals surface area contributed by atoms with E-state index < -0.39 is 29.8 Å². The van der Waals surface area contributed by atoms with Gasteiger partial charge in [0.2, 0.25) is 0 Å². The quantitative estimate of drug-likeness (QED) is 0.728. The first kappa shape index (κ1) is 16.4. The van der Waals surface area contributed by atoms with Crippen molar-refractivity contribution in [2.75, 3.05) is 5.32 Å². The van der Waals surface area contributed by atoms with Crippen LogP contribution in [0.1, 0.15) is 17.2 Å². The molecule has 3 rings (SSSR count). The molecule has 1 aliphatic rings. The van der Waals surface area contributed by atoms with Crippen molar-refractivity contribution in [3.05, 3.63) is 64.4 Å². The van der Waals surface area contributed by atoms with Gasteiger partial charge in [0, 0.05) is 12.1 Å². The zero-order chi connectivity index (χ0) is 17.3. The third-order valence-electron chi connectivity index (χ3n) is 3.87. The fourth-order valence-corrected chi connectivity index (χ4v) is 2.83. The van der Waals surface area contributed by atoms with Gasteiger partial charge < -0.3 is 15.7 Å². The number of benzene rings is 2. The average Bonchev–Trinajstić information content (AvgIpc) is 2.87. The molecule has 0 bridgehead atoms. The largest absolute Gasteiger partial charge is 0.390 e. The third-order valence-corrected chi connectivity index (χ3v) is 4.18. The van der Waals surface area contributed by atoms with E-state index in [1.807, 2.05) is 12.1 Å². The summed E-state index contributed by atoms with van der Waals surface area (Å²) in [7, 11) is 0. The minimum Gasteiger partial charge on any atom is -0.390 e. The van der Waals surface area contributed by atoms with Crippen molar-refractivity contribution in [3.8, 4) is 0 Å². The Morgan fingerprint density at radius 3 is 2.67 bits per heavy atom. The van der Waals surface area contributed by atoms with Crippen LogP contribution in [0.2, 0.25) is 5.02 Å². The zero-order valence-corrected chi connectivity index (χ0v) is 13.2. The highest BCUT2D eigenvalue weighted by molar-refractivity contribution is 6.39. The van der Waals surface area contributed by atoms with Crippen molar-refractivity contribution < 1.29 is 19.1 Å². The van der Waals surface area contributed by atoms with Crippen LogP contribution in [0.4, 0.5) is 10.1 Å². The lowest BCUT2D eigenvalue weighted by Crippen LogP contribution is -2.40. The molecule has 0 saturated heterocycles. The summed E-state index contributed by atoms with van der Waals surface area (Å²) in [6.45, 7) is 0. The topological polar surface area (TPSA) is 78.4 Å². The van der Waals surface area contributed by atoms with E-state index in [1.54, 1.807) is 12.1 Å². The Morgan fingerprint density at radius 1 is 1.17 bits per heavy atom. The van der Waals surface area contributed by atoms with Crippen LogP contribution in [0.15, 0.2) is 42.5 Å². The zero-order valence-electron chi connectivity index (χ0n) is 12.4. The monoisotopic (exact) mass is 348 g/mol. The van der Waals surface area contributed by atoms with E-state index in [-0.39, 0.29) is 10.7 Å². The molecule has 3 N–H and O–H groups in total. The van der Waals surface area contributed by atoms with Gasteiger partial charge in [0.1, 0.15) is 5.82 Å². The minimum absolute atomic E-state index is 0.0804. The van der Waals surface area contributed by atoms with Gasteiger partial charge in [-0.15, -0.1) is 0 Å². The standard InChI is InChI=1S/C17H14ClFN2O3/c18-12-6-5-10(8-13(12)19)20-16(23)17(24)21-15-11-4-2-1-3-9(11)7-14(15)22/h1-6,8,14-15,22H,7H2,(H,20,23)(H,21,24)/t14-,15+/m0/s1. The number of nitrogens with one attached hydrogen (secondary N) is 2. The third kappa shape index (κ3) is 3.25. The van der Waals surface area contributed by atoms with Gasteiger partial charge in [-0.25, -0.2) is 4.39 Å². The number of hydrogen-bond acceptors (Lipinski definition) is 3. The predicted octanol–water partition coefficient (Wildman–Crippen LogP) is 2.19. The molecule has 2 aromatic rings. The molecule has 0 unspecified atom stereocenters. The summed E-state index contributed by atoms with van der Waals surface area (Å²) in [6, 6.07) is 10.3. The van der Waals surface area contributed by atoms with Crippen LogP contribution in [0.3, 0.4) is 0 Å². The fraction of sp³-hybridized carbons (Fsp3) is 0.176. The Labute approximate surface area is 142 Å². The van der Waals surface area contributed by atoms with Gasteiger partial charge in [0.15, 0.2) is 0 Å². The number of carbonyl (C=O) groups excluding carboxylic acids is 2. The molecule has 2 atom stereocenters. The summed E-state index contributed by atoms with van der Waals surface area (Å²) >= 11 is 5.56. The fourth-order valence-electron chi connectivity index (χ4n) is 2.72. The molecule has 24 heavy (non-hydrogen) atoms. The summed E-state index contributed by atoms with van der Waals surface area (Å²) in [5.74, 6) is -2.56. The van der Waals surface area contributed by atoms with Gasteiger partial charge in [-0.1, -0.05) is 35.9 Å². The van der Waals surface area contributed by atoms with E-state index in [0.29, 0.717) is 6.42 Å². The minimum atomic E-state index is -0.951. The maximum Gasteiger partial charge on any atom is 0.313 e. The van der Waals surface area contributed by atoms with Gasteiger partial charge in [0.05, 0.1) is 17.2 Å². The number of fused-ring (bicyclic) bond motifs is 1. The van der Waals surface area contributed by atoms with Gasteiger partial charge in [-0.3, -0.25) is 9.59 Å². The van der Waals surface area contributed by atoms with Gasteiger partial charge in [-0.05, 0) is 29.3 Å². The Bertz CT molecular complexity index is 812. The maximum absolute atomic E-state index is 13.4. The highest BCUT2D eigenvalue weighted by atomic mass is 35.5. The van der Waals surface area contributed by atoms with Gasteiger partial charge in [-0.2, -0.15) is 0 Å². The SMILES string of the molecule is O=C(Nc1ccc(Cl)c(F)c1)C(=O)N[C@@H]1c2ccccc2C[C@@H]1O. The predicted molar refractivity (Wildman–Crippen MR) is 87.1 cm³/mol. The number of anilines is 1. The number of aliphatic hydroxyl groups is 1. The molecule has 0 aromatic heterocycles. The second-order valence-electron chi connectivity index (χ2n) is 5.50. The molecule has 5 nitrogen and oxygen atoms in total. The number of amides is 2. The summed E-state index contributed by atoms with van der Waals surface area (Å²) in [6.07, 6.45) is -0.391. The van der Waals surface area contributed by atoms with Crippen LogP contribution < -0.4 is 10.6 Å². The molecule has 7 heteroatoms. The summed E-state index contributed by atoms with van der Waals surface area (Å²) in [5.41, 5.74) is 1.82. The number of hydrogen-bond donors (Lipinski definition) is 3. The van der Waals surface area contributed by atoms with Crippen LogP contribution in [-0.4, -0.2) is 23.0 Å². The molecule has 0 saturated carbocycles. The smallest absolute Gasteiger partial charge is 0.313 e. The second kappa shape index (κ2) is 6.59. The summed E-state index contributed by atoms with van der Waals surface area (Å²) in [5, 5.41) is 14.8. The molecular weight excluding hydrogens is 335 g/mol. The van der Waals surface area contributed by atoms with Crippen molar-refractivity contribution in [3.63, 3.8) is 0 Å². The normalized spacial score (nSPS) is 18.8. The van der Waals surface area contributed by atoms with Crippen LogP contribution >= 0.6 is 11.6 Å². The lowest BCUT2D eigenvalue weighted by Gasteiger charge is -2.17. The Kier molecular flexibility index (Phi) is 4.51. The first-order valence-corrected chi connectivity index (χ1v) is 7.66. The molecule has 124 valence electrons. The van der Waals surface area contributed by atoms with E-state index in [4.69, 9.17) is 11.6 Å². The van der Waals surface area contributed by atoms with Gasteiger partial charge in [0.25, 0.3) is 0 Å². The highest BCUT2D eigenvalue weighted by Gasteiger charge is 2.33. The number of halogens is 2. The Hall–Kier alpha value is -2.44. The van der Waals surface area contributed by atoms with Crippen molar-refractivity contribution in [2.45, 2.75) is 18.6 Å². The van der Waals surface area contributed by atoms with Crippen LogP contribution in [-0.2, 0) is 16.0 Å². The van der Waals surface area contributed by atoms with E-state index >= 15 is 0 Å². The molecule has 2 amide bonds. The number of rotatable bonds is 2. The van der Waals surface area contributed by atoms with Gasteiger partial charge >= 0.3 is 11.8 Å². The van der Waals surface area contributed by atoms with Crippen LogP contribution in [0, 0.1) is 5.82 Å². The summed E-state index contributed by atoms with van der Waals surface area (Å²) < 4.78 is 13.4. The van der Waals surface area contributed by atoms with Crippen LogP contribution in [0.5, 0.6) is 0 Å². The average molecular weight is 349 g/mol. The molecular formula is C17H14ClFN2O3. The molecule has 2 aromatic carbocycles. The highest BCUT2D eigenvalue weighted by Crippen LogP contribution is 2.31. The van der Waals surface area contributed by atoms with Crippen LogP contribution in [0.25, 0.3) is 0 Å². The van der Waals surface area contributed by atoms with E-state index in [9.17, 15) is 19.1 Å². The van der Waals surface area contributed by atoms with E-state index in [1.165, 1.54) is 12.1 Å². The van der Waals surface area contributed by atoms with E-state index in [0.717, 1.165) is 17.2 Å². The molecule has 1 aliphatic carbocycles. The number of carbonyl (C=O) groups is 2. The molecule has 0 heterocycles. The number of aliphatic hydroxyl groups excluding tert-OH is 1. The van der Waals surface area contributed by atoms with Crippen molar-refractivity contribution >= 4 is 29.1 Å². The van der Waals surface area contributed by atoms with E-state index in [2.05, 4.69) is 10.6 Å². The molecule has 0 spiro atoms. The van der Waals surface area contributed by atoms with Crippen molar-refractivity contribution in [1.29, 1.82) is 0 Å². The molecule has 0 aliphatic heterocycles. The Morgan fingerprint density at radius 2 is 1.92 bits per heavy atom. The second-order valence-corrected chi connectivity index (χ2v) is 5.91. The van der Waals surface area contributed by atoms with Crippen molar-refractivity contribution in [1.82, 2.24) is 5.32 Å². The molecule has 0 radical (unpaired) electrons. The lowest BCUT2D eigenvalue weighted by atomic mass is 10.1.